The van der Waals surface area contributed by atoms with E-state index < -0.39 is 0 Å². The Balaban J connectivity index is 2.49. The van der Waals surface area contributed by atoms with E-state index in [0.717, 1.165) is 26.2 Å². The molecule has 108 valence electrons. The van der Waals surface area contributed by atoms with Crippen molar-refractivity contribution in [2.24, 2.45) is 5.41 Å². The highest BCUT2D eigenvalue weighted by Gasteiger charge is 2.15. The summed E-state index contributed by atoms with van der Waals surface area (Å²) in [4.78, 5) is 2.34. The molecule has 0 aromatic heterocycles. The van der Waals surface area contributed by atoms with E-state index in [2.05, 4.69) is 62.2 Å². The van der Waals surface area contributed by atoms with E-state index in [4.69, 9.17) is 0 Å². The number of hydrogen-bond acceptors (Lipinski definition) is 3. The van der Waals surface area contributed by atoms with Gasteiger partial charge in [0.2, 0.25) is 0 Å². The van der Waals surface area contributed by atoms with E-state index in [-0.39, 0.29) is 12.0 Å². The summed E-state index contributed by atoms with van der Waals surface area (Å²) in [5.41, 5.74) is 2.51. The normalized spacial score (nSPS) is 11.6. The van der Waals surface area contributed by atoms with Gasteiger partial charge in [0, 0.05) is 43.9 Å². The maximum absolute atomic E-state index is 9.20. The van der Waals surface area contributed by atoms with Gasteiger partial charge in [-0.1, -0.05) is 26.0 Å². The fourth-order valence-corrected chi connectivity index (χ4v) is 2.01. The SMILES string of the molecule is CCN(CC)c1ccc(CNCC(C)(C)CO)cc1. The first kappa shape index (κ1) is 16.0. The molecule has 1 aromatic rings. The average Bonchev–Trinajstić information content (AvgIpc) is 2.42. The van der Waals surface area contributed by atoms with E-state index in [1.807, 2.05) is 0 Å². The number of aliphatic hydroxyl groups excluding tert-OH is 1. The van der Waals surface area contributed by atoms with Crippen molar-refractivity contribution < 1.29 is 5.11 Å². The third-order valence-corrected chi connectivity index (χ3v) is 3.43. The Hall–Kier alpha value is -1.06. The number of aliphatic hydroxyl groups is 1. The summed E-state index contributed by atoms with van der Waals surface area (Å²) in [6.07, 6.45) is 0. The fraction of sp³-hybridized carbons (Fsp3) is 0.625. The maximum atomic E-state index is 9.20. The fourth-order valence-electron chi connectivity index (χ4n) is 2.01. The molecular formula is C16H28N2O. The van der Waals surface area contributed by atoms with E-state index >= 15 is 0 Å². The average molecular weight is 264 g/mol. The minimum Gasteiger partial charge on any atom is -0.396 e. The summed E-state index contributed by atoms with van der Waals surface area (Å²) < 4.78 is 0. The monoisotopic (exact) mass is 264 g/mol. The van der Waals surface area contributed by atoms with Crippen LogP contribution in [-0.2, 0) is 6.54 Å². The van der Waals surface area contributed by atoms with E-state index in [9.17, 15) is 5.11 Å². The molecule has 3 heteroatoms. The molecule has 19 heavy (non-hydrogen) atoms. The minimum atomic E-state index is -0.0544. The van der Waals surface area contributed by atoms with Gasteiger partial charge in [0.25, 0.3) is 0 Å². The number of hydrogen-bond donors (Lipinski definition) is 2. The van der Waals surface area contributed by atoms with Gasteiger partial charge in [0.05, 0.1) is 0 Å². The first-order valence-corrected chi connectivity index (χ1v) is 7.18. The smallest absolute Gasteiger partial charge is 0.0494 e. The Kier molecular flexibility index (Phi) is 6.32. The Bertz CT molecular complexity index is 356. The van der Waals surface area contributed by atoms with Crippen molar-refractivity contribution in [3.8, 4) is 0 Å². The number of anilines is 1. The van der Waals surface area contributed by atoms with Crippen LogP contribution in [0.1, 0.15) is 33.3 Å². The number of benzene rings is 1. The Morgan fingerprint density at radius 2 is 1.68 bits per heavy atom. The van der Waals surface area contributed by atoms with Crippen LogP contribution in [0.5, 0.6) is 0 Å². The lowest BCUT2D eigenvalue weighted by molar-refractivity contribution is 0.156. The molecule has 0 fully saturated rings. The van der Waals surface area contributed by atoms with E-state index in [1.165, 1.54) is 11.3 Å². The molecule has 1 aromatic carbocycles. The second kappa shape index (κ2) is 7.51. The molecule has 0 spiro atoms. The van der Waals surface area contributed by atoms with Gasteiger partial charge in [0.1, 0.15) is 0 Å². The van der Waals surface area contributed by atoms with Crippen molar-refractivity contribution in [3.63, 3.8) is 0 Å². The molecule has 0 radical (unpaired) electrons. The van der Waals surface area contributed by atoms with Crippen LogP contribution < -0.4 is 10.2 Å². The molecule has 0 saturated heterocycles. The highest BCUT2D eigenvalue weighted by atomic mass is 16.3. The zero-order valence-electron chi connectivity index (χ0n) is 12.7. The Morgan fingerprint density at radius 1 is 1.11 bits per heavy atom. The quantitative estimate of drug-likeness (QED) is 0.757. The van der Waals surface area contributed by atoms with Crippen molar-refractivity contribution in [3.05, 3.63) is 29.8 Å². The van der Waals surface area contributed by atoms with Crippen LogP contribution in [0.2, 0.25) is 0 Å². The van der Waals surface area contributed by atoms with Crippen LogP contribution in [0.4, 0.5) is 5.69 Å². The first-order chi connectivity index (χ1) is 9.02. The predicted octanol–water partition coefficient (Wildman–Crippen LogP) is 2.64. The number of nitrogens with zero attached hydrogens (tertiary/aromatic N) is 1. The largest absolute Gasteiger partial charge is 0.396 e. The Morgan fingerprint density at radius 3 is 2.16 bits per heavy atom. The van der Waals surface area contributed by atoms with Crippen LogP contribution >= 0.6 is 0 Å². The molecule has 0 amide bonds. The summed E-state index contributed by atoms with van der Waals surface area (Å²) in [7, 11) is 0. The summed E-state index contributed by atoms with van der Waals surface area (Å²) in [6, 6.07) is 8.71. The predicted molar refractivity (Wildman–Crippen MR) is 82.6 cm³/mol. The third-order valence-electron chi connectivity index (χ3n) is 3.43. The van der Waals surface area contributed by atoms with Crippen LogP contribution in [0, 0.1) is 5.41 Å². The third kappa shape index (κ3) is 5.21. The molecule has 0 heterocycles. The number of rotatable bonds is 8. The summed E-state index contributed by atoms with van der Waals surface area (Å²) in [6.45, 7) is 12.4. The van der Waals surface area contributed by atoms with E-state index in [1.54, 1.807) is 0 Å². The molecule has 0 saturated carbocycles. The van der Waals surface area contributed by atoms with Crippen LogP contribution in [0.3, 0.4) is 0 Å². The lowest BCUT2D eigenvalue weighted by Gasteiger charge is -2.23. The van der Waals surface area contributed by atoms with Gasteiger partial charge in [-0.25, -0.2) is 0 Å². The Labute approximate surface area is 117 Å². The highest BCUT2D eigenvalue weighted by Crippen LogP contribution is 2.15. The molecule has 0 aliphatic heterocycles. The van der Waals surface area contributed by atoms with Crippen LogP contribution in [-0.4, -0.2) is 31.3 Å². The second-order valence-electron chi connectivity index (χ2n) is 5.76. The molecule has 3 nitrogen and oxygen atoms in total. The van der Waals surface area contributed by atoms with Gasteiger partial charge in [-0.3, -0.25) is 0 Å². The molecule has 0 unspecified atom stereocenters. The second-order valence-corrected chi connectivity index (χ2v) is 5.76. The van der Waals surface area contributed by atoms with Crippen LogP contribution in [0.25, 0.3) is 0 Å². The molecule has 0 atom stereocenters. The van der Waals surface area contributed by atoms with Crippen molar-refractivity contribution in [2.75, 3.05) is 31.1 Å². The topological polar surface area (TPSA) is 35.5 Å². The lowest BCUT2D eigenvalue weighted by Crippen LogP contribution is -2.31. The van der Waals surface area contributed by atoms with Gasteiger partial charge >= 0.3 is 0 Å². The summed E-state index contributed by atoms with van der Waals surface area (Å²) >= 11 is 0. The van der Waals surface area contributed by atoms with Crippen molar-refractivity contribution >= 4 is 5.69 Å². The van der Waals surface area contributed by atoms with Crippen molar-refractivity contribution in [2.45, 2.75) is 34.2 Å². The summed E-state index contributed by atoms with van der Waals surface area (Å²) in [5.74, 6) is 0. The zero-order valence-corrected chi connectivity index (χ0v) is 12.7. The van der Waals surface area contributed by atoms with Gasteiger partial charge in [-0.2, -0.15) is 0 Å². The van der Waals surface area contributed by atoms with Crippen molar-refractivity contribution in [1.82, 2.24) is 5.32 Å². The standard InChI is InChI=1S/C16H28N2O/c1-5-18(6-2)15-9-7-14(8-10-15)11-17-12-16(3,4)13-19/h7-10,17,19H,5-6,11-13H2,1-4H3. The zero-order chi connectivity index (χ0) is 14.3. The number of nitrogens with one attached hydrogen (secondary N) is 1. The molecule has 0 bridgehead atoms. The van der Waals surface area contributed by atoms with Crippen molar-refractivity contribution in [1.29, 1.82) is 0 Å². The van der Waals surface area contributed by atoms with Gasteiger partial charge in [0.15, 0.2) is 0 Å². The molecule has 0 aliphatic rings. The molecule has 2 N–H and O–H groups in total. The van der Waals surface area contributed by atoms with Gasteiger partial charge < -0.3 is 15.3 Å². The molecule has 1 rings (SSSR count). The first-order valence-electron chi connectivity index (χ1n) is 7.18. The maximum Gasteiger partial charge on any atom is 0.0494 e. The van der Waals surface area contributed by atoms with Crippen LogP contribution in [0.15, 0.2) is 24.3 Å². The molecular weight excluding hydrogens is 236 g/mol. The molecule has 0 aliphatic carbocycles. The van der Waals surface area contributed by atoms with Gasteiger partial charge in [-0.15, -0.1) is 0 Å². The lowest BCUT2D eigenvalue weighted by atomic mass is 9.95. The van der Waals surface area contributed by atoms with Gasteiger partial charge in [-0.05, 0) is 31.5 Å². The highest BCUT2D eigenvalue weighted by molar-refractivity contribution is 5.47. The van der Waals surface area contributed by atoms with E-state index in [0.29, 0.717) is 0 Å². The minimum absolute atomic E-state index is 0.0544. The summed E-state index contributed by atoms with van der Waals surface area (Å²) in [5, 5.41) is 12.6.